The zero-order valence-corrected chi connectivity index (χ0v) is 7.53. The summed E-state index contributed by atoms with van der Waals surface area (Å²) in [6.07, 6.45) is 0. The van der Waals surface area contributed by atoms with Crippen molar-refractivity contribution in [1.29, 1.82) is 0 Å². The van der Waals surface area contributed by atoms with Gasteiger partial charge in [-0.05, 0) is 5.56 Å². The average molecular weight is 184 g/mol. The molecule has 0 spiro atoms. The Morgan fingerprint density at radius 2 is 2.09 bits per heavy atom. The van der Waals surface area contributed by atoms with Gasteiger partial charge in [0.25, 0.3) is 0 Å². The summed E-state index contributed by atoms with van der Waals surface area (Å²) in [5.41, 5.74) is 1.16. The summed E-state index contributed by atoms with van der Waals surface area (Å²) in [6.45, 7) is 0.610. The molecular weight excluding hydrogens is 176 g/mol. The summed E-state index contributed by atoms with van der Waals surface area (Å²) in [7, 11) is 0. The van der Waals surface area contributed by atoms with Gasteiger partial charge in [0.15, 0.2) is 0 Å². The molecule has 0 heterocycles. The lowest BCUT2D eigenvalue weighted by molar-refractivity contribution is 0.369. The third-order valence-electron chi connectivity index (χ3n) is 1.18. The molecule has 0 fully saturated rings. The van der Waals surface area contributed by atoms with Crippen molar-refractivity contribution in [2.75, 3.05) is 0 Å². The van der Waals surface area contributed by atoms with E-state index in [9.17, 15) is 0 Å². The third kappa shape index (κ3) is 3.51. The topological polar surface area (TPSA) is 9.23 Å². The van der Waals surface area contributed by atoms with Gasteiger partial charge in [-0.1, -0.05) is 42.5 Å². The first kappa shape index (κ1) is 8.71. The van der Waals surface area contributed by atoms with Crippen molar-refractivity contribution in [1.82, 2.24) is 0 Å². The summed E-state index contributed by atoms with van der Waals surface area (Å²) in [6, 6.07) is 9.99. The van der Waals surface area contributed by atoms with Crippen LogP contribution in [0.2, 0.25) is 0 Å². The van der Waals surface area contributed by atoms with E-state index >= 15 is 0 Å². The average Bonchev–Trinajstić information content (AvgIpc) is 2.07. The summed E-state index contributed by atoms with van der Waals surface area (Å²) in [5.74, 6) is 0. The van der Waals surface area contributed by atoms with E-state index in [1.807, 2.05) is 30.3 Å². The molecule has 1 aromatic rings. The van der Waals surface area contributed by atoms with Crippen molar-refractivity contribution in [3.63, 3.8) is 0 Å². The SMILES string of the molecule is S=CSOCc1ccccc1. The van der Waals surface area contributed by atoms with E-state index in [-0.39, 0.29) is 0 Å². The largest absolute Gasteiger partial charge is 0.305 e. The minimum atomic E-state index is 0.610. The number of hydrogen-bond donors (Lipinski definition) is 0. The highest BCUT2D eigenvalue weighted by molar-refractivity contribution is 8.17. The van der Waals surface area contributed by atoms with Crippen LogP contribution in [0.5, 0.6) is 0 Å². The van der Waals surface area contributed by atoms with Crippen LogP contribution in [0.15, 0.2) is 30.3 Å². The Labute approximate surface area is 76.0 Å². The van der Waals surface area contributed by atoms with E-state index in [4.69, 9.17) is 4.18 Å². The fraction of sp³-hybridized carbons (Fsp3) is 0.125. The van der Waals surface area contributed by atoms with Crippen LogP contribution in [0.3, 0.4) is 0 Å². The van der Waals surface area contributed by atoms with Crippen molar-refractivity contribution in [2.45, 2.75) is 6.61 Å². The molecule has 0 bridgehead atoms. The van der Waals surface area contributed by atoms with Gasteiger partial charge in [0, 0.05) is 12.0 Å². The molecule has 0 aliphatic heterocycles. The lowest BCUT2D eigenvalue weighted by atomic mass is 10.2. The zero-order valence-electron chi connectivity index (χ0n) is 5.90. The molecule has 0 aromatic heterocycles. The van der Waals surface area contributed by atoms with Crippen LogP contribution in [-0.2, 0) is 10.8 Å². The Balaban J connectivity index is 2.33. The first-order valence-corrected chi connectivity index (χ1v) is 4.47. The van der Waals surface area contributed by atoms with Crippen molar-refractivity contribution in [3.8, 4) is 0 Å². The molecule has 0 radical (unpaired) electrons. The molecule has 0 aliphatic carbocycles. The lowest BCUT2D eigenvalue weighted by Crippen LogP contribution is -1.83. The predicted octanol–water partition coefficient (Wildman–Crippen LogP) is 2.81. The fourth-order valence-corrected chi connectivity index (χ4v) is 1.13. The van der Waals surface area contributed by atoms with E-state index in [2.05, 4.69) is 12.2 Å². The van der Waals surface area contributed by atoms with Crippen LogP contribution < -0.4 is 0 Å². The fourth-order valence-electron chi connectivity index (χ4n) is 0.704. The highest BCUT2D eigenvalue weighted by Crippen LogP contribution is 2.06. The maximum absolute atomic E-state index is 5.13. The first-order valence-electron chi connectivity index (χ1n) is 3.19. The Morgan fingerprint density at radius 1 is 1.36 bits per heavy atom. The van der Waals surface area contributed by atoms with E-state index in [0.29, 0.717) is 6.61 Å². The molecular formula is C8H8OS2. The number of benzene rings is 1. The Morgan fingerprint density at radius 3 is 2.73 bits per heavy atom. The quantitative estimate of drug-likeness (QED) is 0.404. The molecule has 0 saturated carbocycles. The summed E-state index contributed by atoms with van der Waals surface area (Å²) >= 11 is 5.77. The van der Waals surface area contributed by atoms with E-state index in [0.717, 1.165) is 5.56 Å². The minimum absolute atomic E-state index is 0.610. The van der Waals surface area contributed by atoms with Crippen LogP contribution >= 0.6 is 24.3 Å². The number of rotatable bonds is 4. The second-order valence-corrected chi connectivity index (χ2v) is 3.14. The molecule has 1 aromatic carbocycles. The van der Waals surface area contributed by atoms with Gasteiger partial charge in [-0.25, -0.2) is 0 Å². The smallest absolute Gasteiger partial charge is 0.0869 e. The molecule has 58 valence electrons. The van der Waals surface area contributed by atoms with Crippen molar-refractivity contribution >= 4 is 29.0 Å². The molecule has 0 amide bonds. The highest BCUT2D eigenvalue weighted by atomic mass is 32.2. The molecule has 0 N–H and O–H groups in total. The van der Waals surface area contributed by atoms with Gasteiger partial charge >= 0.3 is 0 Å². The number of thiocarbonyl (C=S) groups is 1. The van der Waals surface area contributed by atoms with Gasteiger partial charge in [-0.3, -0.25) is 0 Å². The summed E-state index contributed by atoms with van der Waals surface area (Å²) < 4.78 is 6.63. The molecule has 11 heavy (non-hydrogen) atoms. The predicted molar refractivity (Wildman–Crippen MR) is 52.5 cm³/mol. The molecule has 0 atom stereocenters. The van der Waals surface area contributed by atoms with Crippen LogP contribution in [0.25, 0.3) is 0 Å². The highest BCUT2D eigenvalue weighted by Gasteiger charge is 1.88. The van der Waals surface area contributed by atoms with Crippen LogP contribution in [0.1, 0.15) is 5.56 Å². The van der Waals surface area contributed by atoms with Crippen LogP contribution in [0.4, 0.5) is 0 Å². The van der Waals surface area contributed by atoms with Crippen LogP contribution in [-0.4, -0.2) is 4.70 Å². The zero-order chi connectivity index (χ0) is 7.94. The maximum atomic E-state index is 5.13. The molecule has 3 heteroatoms. The van der Waals surface area contributed by atoms with Gasteiger partial charge in [0.05, 0.1) is 11.3 Å². The molecule has 0 aliphatic rings. The monoisotopic (exact) mass is 184 g/mol. The minimum Gasteiger partial charge on any atom is -0.305 e. The Hall–Kier alpha value is -0.380. The summed E-state index contributed by atoms with van der Waals surface area (Å²) in [5, 5.41) is 0. The Kier molecular flexibility index (Phi) is 4.19. The van der Waals surface area contributed by atoms with Crippen molar-refractivity contribution in [3.05, 3.63) is 35.9 Å². The van der Waals surface area contributed by atoms with E-state index in [1.54, 1.807) is 0 Å². The van der Waals surface area contributed by atoms with Gasteiger partial charge in [-0.15, -0.1) is 0 Å². The second kappa shape index (κ2) is 5.29. The van der Waals surface area contributed by atoms with E-state index in [1.165, 1.54) is 16.7 Å². The Bertz CT molecular complexity index is 211. The standard InChI is InChI=1S/C8H8OS2/c10-7-11-9-6-8-4-2-1-3-5-8/h1-5,7H,6H2. The van der Waals surface area contributed by atoms with Crippen molar-refractivity contribution < 1.29 is 4.18 Å². The van der Waals surface area contributed by atoms with E-state index < -0.39 is 0 Å². The molecule has 1 rings (SSSR count). The maximum Gasteiger partial charge on any atom is 0.0869 e. The number of hydrogen-bond acceptors (Lipinski definition) is 3. The van der Waals surface area contributed by atoms with Gasteiger partial charge in [0.1, 0.15) is 0 Å². The summed E-state index contributed by atoms with van der Waals surface area (Å²) in [4.78, 5) is 0. The molecule has 0 unspecified atom stereocenters. The normalized spacial score (nSPS) is 9.45. The first-order chi connectivity index (χ1) is 5.43. The van der Waals surface area contributed by atoms with Gasteiger partial charge in [0.2, 0.25) is 0 Å². The molecule has 1 nitrogen and oxygen atoms in total. The molecule has 0 saturated heterocycles. The third-order valence-corrected chi connectivity index (χ3v) is 1.74. The second-order valence-electron chi connectivity index (χ2n) is 1.94. The van der Waals surface area contributed by atoms with Gasteiger partial charge < -0.3 is 4.18 Å². The van der Waals surface area contributed by atoms with Crippen molar-refractivity contribution in [2.24, 2.45) is 0 Å². The lowest BCUT2D eigenvalue weighted by Gasteiger charge is -1.97. The van der Waals surface area contributed by atoms with Crippen LogP contribution in [0, 0.1) is 0 Å². The van der Waals surface area contributed by atoms with Gasteiger partial charge in [-0.2, -0.15) is 0 Å².